The number of nitrogens with one attached hydrogen (secondary N) is 1. The molecule has 1 N–H and O–H groups in total. The highest BCUT2D eigenvalue weighted by Crippen LogP contribution is 2.32. The molecule has 2 aliphatic heterocycles. The first-order chi connectivity index (χ1) is 15.3. The van der Waals surface area contributed by atoms with Gasteiger partial charge in [-0.3, -0.25) is 10.2 Å². The molecule has 166 valence electrons. The van der Waals surface area contributed by atoms with Crippen LogP contribution >= 0.6 is 35.0 Å². The molecular formula is C23H23Cl2N5OS. The fraction of sp³-hybridized carbons (Fsp3) is 0.304. The van der Waals surface area contributed by atoms with Crippen molar-refractivity contribution in [3.8, 4) is 5.69 Å². The zero-order chi connectivity index (χ0) is 23.0. The van der Waals surface area contributed by atoms with Gasteiger partial charge in [0.1, 0.15) is 5.04 Å². The van der Waals surface area contributed by atoms with Gasteiger partial charge in [0.2, 0.25) is 5.17 Å². The van der Waals surface area contributed by atoms with Crippen molar-refractivity contribution in [2.45, 2.75) is 46.5 Å². The predicted octanol–water partition coefficient (Wildman–Crippen LogP) is 6.60. The molecule has 0 atom stereocenters. The number of fused-ring (bicyclic) bond motifs is 1. The molecule has 0 spiro atoms. The highest BCUT2D eigenvalue weighted by molar-refractivity contribution is 8.26. The van der Waals surface area contributed by atoms with Gasteiger partial charge in [0, 0.05) is 16.4 Å². The molecule has 1 aromatic carbocycles. The molecule has 6 nitrogen and oxygen atoms in total. The Balaban J connectivity index is 1.67. The van der Waals surface area contributed by atoms with E-state index >= 15 is 0 Å². The molecule has 0 radical (unpaired) electrons. The van der Waals surface area contributed by atoms with E-state index in [4.69, 9.17) is 28.6 Å². The first kappa shape index (κ1) is 22.8. The molecule has 2 aliphatic rings. The zero-order valence-corrected chi connectivity index (χ0v) is 20.4. The first-order valence-electron chi connectivity index (χ1n) is 10.4. The number of aliphatic imine (C=N–C) groups is 1. The lowest BCUT2D eigenvalue weighted by atomic mass is 10.1. The van der Waals surface area contributed by atoms with Gasteiger partial charge >= 0.3 is 0 Å². The van der Waals surface area contributed by atoms with Crippen molar-refractivity contribution < 1.29 is 4.79 Å². The Morgan fingerprint density at radius 1 is 1.19 bits per heavy atom. The van der Waals surface area contributed by atoms with Crippen molar-refractivity contribution in [2.24, 2.45) is 10.1 Å². The normalized spacial score (nSPS) is 17.2. The van der Waals surface area contributed by atoms with Crippen molar-refractivity contribution in [2.75, 3.05) is 0 Å². The van der Waals surface area contributed by atoms with Crippen LogP contribution in [0.15, 0.2) is 39.9 Å². The quantitative estimate of drug-likeness (QED) is 0.368. The van der Waals surface area contributed by atoms with Crippen molar-refractivity contribution >= 4 is 63.0 Å². The van der Waals surface area contributed by atoms with Gasteiger partial charge in [-0.2, -0.15) is 15.1 Å². The number of halogens is 2. The maximum Gasteiger partial charge on any atom is 0.283 e. The summed E-state index contributed by atoms with van der Waals surface area (Å²) in [5, 5.41) is 17.1. The predicted molar refractivity (Wildman–Crippen MR) is 134 cm³/mol. The molecule has 2 aromatic rings. The summed E-state index contributed by atoms with van der Waals surface area (Å²) in [4.78, 5) is 16.9. The van der Waals surface area contributed by atoms with Crippen LogP contribution in [0.5, 0.6) is 0 Å². The van der Waals surface area contributed by atoms with Crippen molar-refractivity contribution in [1.82, 2.24) is 9.58 Å². The SMILES string of the molecule is CCCCCC1=NN2C(=N)/C(=C/c3cc(C)n(-c4cc(Cl)ccc4Cl)c3C)C(=O)N=C2S1. The van der Waals surface area contributed by atoms with E-state index in [0.717, 1.165) is 53.4 Å². The molecule has 1 amide bonds. The summed E-state index contributed by atoms with van der Waals surface area (Å²) in [6.45, 7) is 6.05. The van der Waals surface area contributed by atoms with E-state index in [9.17, 15) is 4.79 Å². The Morgan fingerprint density at radius 3 is 2.72 bits per heavy atom. The number of unbranched alkanes of at least 4 members (excludes halogenated alkanes) is 2. The number of benzene rings is 1. The minimum absolute atomic E-state index is 0.0450. The number of thioether (sulfide) groups is 1. The molecule has 32 heavy (non-hydrogen) atoms. The highest BCUT2D eigenvalue weighted by atomic mass is 35.5. The number of rotatable bonds is 6. The van der Waals surface area contributed by atoms with Gasteiger partial charge in [0.25, 0.3) is 5.91 Å². The topological polar surface area (TPSA) is 73.8 Å². The summed E-state index contributed by atoms with van der Waals surface area (Å²) < 4.78 is 1.99. The second kappa shape index (κ2) is 9.25. The Morgan fingerprint density at radius 2 is 1.97 bits per heavy atom. The third kappa shape index (κ3) is 4.29. The van der Waals surface area contributed by atoms with Crippen LogP contribution in [0.25, 0.3) is 11.8 Å². The fourth-order valence-electron chi connectivity index (χ4n) is 3.78. The number of amidine groups is 2. The maximum absolute atomic E-state index is 12.8. The minimum atomic E-state index is -0.427. The summed E-state index contributed by atoms with van der Waals surface area (Å²) in [5.41, 5.74) is 3.61. The smallest absolute Gasteiger partial charge is 0.283 e. The number of aryl methyl sites for hydroxylation is 1. The number of amides is 1. The second-order valence-corrected chi connectivity index (χ2v) is 9.61. The lowest BCUT2D eigenvalue weighted by molar-refractivity contribution is -0.114. The number of carbonyl (C=O) groups is 1. The molecule has 0 fully saturated rings. The molecule has 4 rings (SSSR count). The molecule has 0 unspecified atom stereocenters. The standard InChI is InChI=1S/C23H23Cl2N5OS/c1-4-5-6-7-20-28-30-21(26)17(22(31)27-23(30)32-20)11-15-10-13(2)29(14(15)3)19-12-16(24)8-9-18(19)25/h8-12,26H,4-7H2,1-3H3/b17-11-,26-21?. The molecule has 0 saturated heterocycles. The van der Waals surface area contributed by atoms with E-state index in [2.05, 4.69) is 17.0 Å². The number of hydrazone groups is 1. The van der Waals surface area contributed by atoms with Gasteiger partial charge in [0.05, 0.1) is 16.3 Å². The van der Waals surface area contributed by atoms with Gasteiger partial charge in [-0.05, 0) is 74.4 Å². The molecule has 1 aromatic heterocycles. The van der Waals surface area contributed by atoms with Gasteiger partial charge in [-0.15, -0.1) is 0 Å². The van der Waals surface area contributed by atoms with Crippen LogP contribution in [-0.2, 0) is 4.79 Å². The van der Waals surface area contributed by atoms with Crippen LogP contribution in [-0.4, -0.2) is 31.5 Å². The van der Waals surface area contributed by atoms with Crippen LogP contribution in [0.1, 0.15) is 49.6 Å². The lowest BCUT2D eigenvalue weighted by Gasteiger charge is -2.20. The third-order valence-electron chi connectivity index (χ3n) is 5.41. The van der Waals surface area contributed by atoms with E-state index in [1.807, 2.05) is 24.5 Å². The first-order valence-corrected chi connectivity index (χ1v) is 12.0. The number of nitrogens with zero attached hydrogens (tertiary/aromatic N) is 4. The largest absolute Gasteiger partial charge is 0.316 e. The Kier molecular flexibility index (Phi) is 6.60. The van der Waals surface area contributed by atoms with Crippen LogP contribution < -0.4 is 0 Å². The van der Waals surface area contributed by atoms with Crippen LogP contribution in [0, 0.1) is 19.3 Å². The van der Waals surface area contributed by atoms with Crippen LogP contribution in [0.2, 0.25) is 10.0 Å². The van der Waals surface area contributed by atoms with Gasteiger partial charge < -0.3 is 4.57 Å². The van der Waals surface area contributed by atoms with Crippen molar-refractivity contribution in [3.05, 3.63) is 56.8 Å². The van der Waals surface area contributed by atoms with Gasteiger partial charge in [0.15, 0.2) is 5.84 Å². The lowest BCUT2D eigenvalue weighted by Crippen LogP contribution is -2.35. The fourth-order valence-corrected chi connectivity index (χ4v) is 5.07. The van der Waals surface area contributed by atoms with Crippen molar-refractivity contribution in [1.29, 1.82) is 5.41 Å². The molecular weight excluding hydrogens is 465 g/mol. The summed E-state index contributed by atoms with van der Waals surface area (Å²) >= 11 is 14.0. The number of hydrogen-bond acceptors (Lipinski definition) is 4. The molecule has 9 heteroatoms. The summed E-state index contributed by atoms with van der Waals surface area (Å²) in [6, 6.07) is 7.26. The van der Waals surface area contributed by atoms with E-state index in [-0.39, 0.29) is 11.4 Å². The summed E-state index contributed by atoms with van der Waals surface area (Å²) in [6.07, 6.45) is 5.82. The van der Waals surface area contributed by atoms with E-state index < -0.39 is 5.91 Å². The maximum atomic E-state index is 12.8. The van der Waals surface area contributed by atoms with Crippen LogP contribution in [0.4, 0.5) is 0 Å². The monoisotopic (exact) mass is 487 g/mol. The van der Waals surface area contributed by atoms with Crippen molar-refractivity contribution in [3.63, 3.8) is 0 Å². The number of hydrogen-bond donors (Lipinski definition) is 1. The summed E-state index contributed by atoms with van der Waals surface area (Å²) in [7, 11) is 0. The Bertz CT molecular complexity index is 1210. The Labute approximate surface area is 201 Å². The van der Waals surface area contributed by atoms with Crippen LogP contribution in [0.3, 0.4) is 0 Å². The molecule has 0 aliphatic carbocycles. The number of carbonyl (C=O) groups excluding carboxylic acids is 1. The number of aromatic nitrogens is 1. The van der Waals surface area contributed by atoms with Gasteiger partial charge in [-0.1, -0.05) is 43.0 Å². The van der Waals surface area contributed by atoms with Gasteiger partial charge in [-0.25, -0.2) is 0 Å². The second-order valence-electron chi connectivity index (χ2n) is 7.73. The van der Waals surface area contributed by atoms with E-state index in [0.29, 0.717) is 15.2 Å². The minimum Gasteiger partial charge on any atom is -0.316 e. The molecule has 0 saturated carbocycles. The average molecular weight is 488 g/mol. The average Bonchev–Trinajstić information content (AvgIpc) is 3.27. The third-order valence-corrected chi connectivity index (χ3v) is 6.93. The summed E-state index contributed by atoms with van der Waals surface area (Å²) in [5.74, 6) is -0.382. The Hall–Kier alpha value is -2.35. The molecule has 0 bridgehead atoms. The highest BCUT2D eigenvalue weighted by Gasteiger charge is 2.35. The zero-order valence-electron chi connectivity index (χ0n) is 18.1. The van der Waals surface area contributed by atoms with E-state index in [1.165, 1.54) is 16.8 Å². The molecule has 3 heterocycles. The van der Waals surface area contributed by atoms with E-state index in [1.54, 1.807) is 24.3 Å².